The van der Waals surface area contributed by atoms with Crippen LogP contribution in [0.5, 0.6) is 0 Å². The number of fused-ring (bicyclic) bond motifs is 1. The van der Waals surface area contributed by atoms with Gasteiger partial charge in [-0.1, -0.05) is 25.1 Å². The SMILES string of the molecule is CCc1ccccc1-n1nc(C(=O)O)c2c1CCCC2. The quantitative estimate of drug-likeness (QED) is 0.932. The number of para-hydroxylation sites is 1. The van der Waals surface area contributed by atoms with Crippen molar-refractivity contribution < 1.29 is 9.90 Å². The molecule has 1 aliphatic rings. The van der Waals surface area contributed by atoms with Gasteiger partial charge in [0.15, 0.2) is 5.69 Å². The fourth-order valence-corrected chi connectivity index (χ4v) is 2.99. The number of carboxylic acid groups (broad SMARTS) is 1. The lowest BCUT2D eigenvalue weighted by atomic mass is 9.95. The van der Waals surface area contributed by atoms with Crippen LogP contribution in [0, 0.1) is 0 Å². The number of nitrogens with zero attached hydrogens (tertiary/aromatic N) is 2. The van der Waals surface area contributed by atoms with Crippen molar-refractivity contribution in [2.24, 2.45) is 0 Å². The minimum Gasteiger partial charge on any atom is -0.476 e. The van der Waals surface area contributed by atoms with Gasteiger partial charge in [0.2, 0.25) is 0 Å². The zero-order valence-corrected chi connectivity index (χ0v) is 11.6. The summed E-state index contributed by atoms with van der Waals surface area (Å²) in [5, 5.41) is 13.7. The zero-order chi connectivity index (χ0) is 14.1. The summed E-state index contributed by atoms with van der Waals surface area (Å²) in [5.74, 6) is -0.920. The number of hydrogen-bond acceptors (Lipinski definition) is 2. The van der Waals surface area contributed by atoms with Gasteiger partial charge in [-0.15, -0.1) is 0 Å². The molecule has 0 unspecified atom stereocenters. The maximum absolute atomic E-state index is 11.4. The molecule has 0 bridgehead atoms. The van der Waals surface area contributed by atoms with Crippen molar-refractivity contribution in [3.63, 3.8) is 0 Å². The van der Waals surface area contributed by atoms with Crippen LogP contribution >= 0.6 is 0 Å². The lowest BCUT2D eigenvalue weighted by Crippen LogP contribution is -2.09. The van der Waals surface area contributed by atoms with Crippen LogP contribution in [0.2, 0.25) is 0 Å². The van der Waals surface area contributed by atoms with Crippen LogP contribution < -0.4 is 0 Å². The molecule has 4 heteroatoms. The first-order valence-electron chi connectivity index (χ1n) is 7.14. The van der Waals surface area contributed by atoms with Gasteiger partial charge in [0, 0.05) is 11.3 Å². The number of aryl methyl sites for hydroxylation is 1. The predicted molar refractivity (Wildman–Crippen MR) is 76.5 cm³/mol. The monoisotopic (exact) mass is 270 g/mol. The minimum atomic E-state index is -0.920. The summed E-state index contributed by atoms with van der Waals surface area (Å²) in [5.41, 5.74) is 4.44. The Kier molecular flexibility index (Phi) is 3.30. The van der Waals surface area contributed by atoms with Crippen LogP contribution in [0.3, 0.4) is 0 Å². The normalized spacial score (nSPS) is 14.1. The van der Waals surface area contributed by atoms with Gasteiger partial charge in [-0.2, -0.15) is 5.10 Å². The molecule has 0 radical (unpaired) electrons. The lowest BCUT2D eigenvalue weighted by Gasteiger charge is -2.15. The van der Waals surface area contributed by atoms with E-state index in [9.17, 15) is 9.90 Å². The maximum atomic E-state index is 11.4. The number of rotatable bonds is 3. The second-order valence-electron chi connectivity index (χ2n) is 5.18. The molecule has 4 nitrogen and oxygen atoms in total. The van der Waals surface area contributed by atoms with Crippen LogP contribution in [-0.2, 0) is 19.3 Å². The molecule has 0 fully saturated rings. The second kappa shape index (κ2) is 5.12. The summed E-state index contributed by atoms with van der Waals surface area (Å²) in [6.45, 7) is 2.10. The van der Waals surface area contributed by atoms with E-state index in [-0.39, 0.29) is 5.69 Å². The lowest BCUT2D eigenvalue weighted by molar-refractivity contribution is 0.0688. The first-order chi connectivity index (χ1) is 9.72. The Morgan fingerprint density at radius 2 is 2.05 bits per heavy atom. The predicted octanol–water partition coefficient (Wildman–Crippen LogP) is 3.01. The standard InChI is InChI=1S/C16H18N2O2/c1-2-11-7-3-5-9-13(11)18-14-10-6-4-8-12(14)15(17-18)16(19)20/h3,5,7,9H,2,4,6,8,10H2,1H3,(H,19,20). The number of aromatic carboxylic acids is 1. The Bertz CT molecular complexity index is 658. The third-order valence-corrected chi connectivity index (χ3v) is 3.98. The third-order valence-electron chi connectivity index (χ3n) is 3.98. The molecule has 1 aromatic heterocycles. The topological polar surface area (TPSA) is 55.1 Å². The van der Waals surface area contributed by atoms with E-state index < -0.39 is 5.97 Å². The summed E-state index contributed by atoms with van der Waals surface area (Å²) >= 11 is 0. The van der Waals surface area contributed by atoms with Crippen LogP contribution in [-0.4, -0.2) is 20.9 Å². The Morgan fingerprint density at radius 1 is 1.30 bits per heavy atom. The summed E-state index contributed by atoms with van der Waals surface area (Å²) in [6.07, 6.45) is 4.80. The Morgan fingerprint density at radius 3 is 2.80 bits per heavy atom. The highest BCUT2D eigenvalue weighted by molar-refractivity contribution is 5.87. The summed E-state index contributed by atoms with van der Waals surface area (Å²) in [6, 6.07) is 8.08. The van der Waals surface area contributed by atoms with Crippen LogP contribution in [0.15, 0.2) is 24.3 Å². The van der Waals surface area contributed by atoms with Crippen molar-refractivity contribution in [2.45, 2.75) is 39.0 Å². The molecule has 1 N–H and O–H groups in total. The largest absolute Gasteiger partial charge is 0.476 e. The van der Waals surface area contributed by atoms with E-state index in [1.165, 1.54) is 5.56 Å². The number of carbonyl (C=O) groups is 1. The van der Waals surface area contributed by atoms with E-state index in [0.29, 0.717) is 0 Å². The molecule has 1 heterocycles. The van der Waals surface area contributed by atoms with Gasteiger partial charge in [0.25, 0.3) is 0 Å². The van der Waals surface area contributed by atoms with Crippen molar-refractivity contribution in [3.8, 4) is 5.69 Å². The number of carboxylic acids is 1. The average Bonchev–Trinajstić information content (AvgIpc) is 2.87. The average molecular weight is 270 g/mol. The Hall–Kier alpha value is -2.10. The molecule has 1 aromatic carbocycles. The zero-order valence-electron chi connectivity index (χ0n) is 11.6. The molecule has 0 aliphatic heterocycles. The van der Waals surface area contributed by atoms with E-state index in [2.05, 4.69) is 18.1 Å². The first-order valence-corrected chi connectivity index (χ1v) is 7.14. The molecule has 3 rings (SSSR count). The fraction of sp³-hybridized carbons (Fsp3) is 0.375. The first kappa shape index (κ1) is 12.9. The molecule has 1 aliphatic carbocycles. The summed E-state index contributed by atoms with van der Waals surface area (Å²) in [7, 11) is 0. The molecular formula is C16H18N2O2. The van der Waals surface area contributed by atoms with Gasteiger partial charge < -0.3 is 5.11 Å². The van der Waals surface area contributed by atoms with Gasteiger partial charge in [0.1, 0.15) is 0 Å². The summed E-state index contributed by atoms with van der Waals surface area (Å²) < 4.78 is 1.86. The van der Waals surface area contributed by atoms with Crippen LogP contribution in [0.25, 0.3) is 5.69 Å². The number of hydrogen-bond donors (Lipinski definition) is 1. The summed E-state index contributed by atoms with van der Waals surface area (Å²) in [4.78, 5) is 11.4. The van der Waals surface area contributed by atoms with Crippen molar-refractivity contribution in [2.75, 3.05) is 0 Å². The van der Waals surface area contributed by atoms with Crippen molar-refractivity contribution in [1.29, 1.82) is 0 Å². The van der Waals surface area contributed by atoms with Gasteiger partial charge in [-0.25, -0.2) is 9.48 Å². The van der Waals surface area contributed by atoms with Crippen LogP contribution in [0.1, 0.15) is 47.1 Å². The maximum Gasteiger partial charge on any atom is 0.356 e. The third kappa shape index (κ3) is 2.01. The highest BCUT2D eigenvalue weighted by Gasteiger charge is 2.25. The Labute approximate surface area is 118 Å². The molecule has 20 heavy (non-hydrogen) atoms. The molecule has 0 saturated carbocycles. The Balaban J connectivity index is 2.21. The molecule has 2 aromatic rings. The van der Waals surface area contributed by atoms with E-state index in [1.807, 2.05) is 22.9 Å². The van der Waals surface area contributed by atoms with Gasteiger partial charge >= 0.3 is 5.97 Å². The van der Waals surface area contributed by atoms with E-state index >= 15 is 0 Å². The van der Waals surface area contributed by atoms with E-state index in [0.717, 1.165) is 49.0 Å². The number of aromatic nitrogens is 2. The smallest absolute Gasteiger partial charge is 0.356 e. The second-order valence-corrected chi connectivity index (χ2v) is 5.18. The molecular weight excluding hydrogens is 252 g/mol. The van der Waals surface area contributed by atoms with Crippen molar-refractivity contribution in [3.05, 3.63) is 46.8 Å². The molecule has 0 spiro atoms. The number of benzene rings is 1. The van der Waals surface area contributed by atoms with E-state index in [4.69, 9.17) is 0 Å². The van der Waals surface area contributed by atoms with Gasteiger partial charge in [0.05, 0.1) is 5.69 Å². The van der Waals surface area contributed by atoms with Crippen molar-refractivity contribution in [1.82, 2.24) is 9.78 Å². The van der Waals surface area contributed by atoms with Gasteiger partial charge in [-0.05, 0) is 43.7 Å². The van der Waals surface area contributed by atoms with E-state index in [1.54, 1.807) is 0 Å². The van der Waals surface area contributed by atoms with Gasteiger partial charge in [-0.3, -0.25) is 0 Å². The molecule has 0 amide bonds. The minimum absolute atomic E-state index is 0.227. The highest BCUT2D eigenvalue weighted by atomic mass is 16.4. The van der Waals surface area contributed by atoms with Crippen molar-refractivity contribution >= 4 is 5.97 Å². The fourth-order valence-electron chi connectivity index (χ4n) is 2.99. The highest BCUT2D eigenvalue weighted by Crippen LogP contribution is 2.28. The molecule has 0 saturated heterocycles. The molecule has 0 atom stereocenters. The van der Waals surface area contributed by atoms with Crippen LogP contribution in [0.4, 0.5) is 0 Å². The molecule has 104 valence electrons.